The number of aromatic nitrogens is 1. The third kappa shape index (κ3) is 13.1. The van der Waals surface area contributed by atoms with Gasteiger partial charge in [0.05, 0.1) is 54.6 Å². The van der Waals surface area contributed by atoms with E-state index in [0.717, 1.165) is 37.7 Å². The van der Waals surface area contributed by atoms with Gasteiger partial charge in [-0.1, -0.05) is 76.3 Å². The van der Waals surface area contributed by atoms with Gasteiger partial charge in [-0.3, -0.25) is 24.1 Å². The fourth-order valence-corrected chi connectivity index (χ4v) is 8.13. The van der Waals surface area contributed by atoms with Crippen LogP contribution in [0.4, 0.5) is 0 Å². The SMILES string of the molecule is CCC(O)(CC)[C@H](C[C@H](O)[C@H](CC1CCCCC1)NC(=O)[C@H](Cc1cscn1)NC(=O)[C@H](Cc1ccccc1)NC(=O)CN1CCOCC1)C(=O)NC. The van der Waals surface area contributed by atoms with Gasteiger partial charge < -0.3 is 36.2 Å². The summed E-state index contributed by atoms with van der Waals surface area (Å²) < 4.78 is 5.41. The van der Waals surface area contributed by atoms with E-state index in [0.29, 0.717) is 51.3 Å². The van der Waals surface area contributed by atoms with Gasteiger partial charge in [0.25, 0.3) is 0 Å². The van der Waals surface area contributed by atoms with Crippen molar-refractivity contribution in [2.75, 3.05) is 39.9 Å². The monoisotopic (exact) mass is 756 g/mol. The molecule has 5 atom stereocenters. The summed E-state index contributed by atoms with van der Waals surface area (Å²) in [6.07, 6.45) is 5.47. The number of benzene rings is 1. The van der Waals surface area contributed by atoms with Crippen molar-refractivity contribution in [3.63, 3.8) is 0 Å². The summed E-state index contributed by atoms with van der Waals surface area (Å²) in [5.74, 6) is -2.31. The Hall–Kier alpha value is -3.43. The Morgan fingerprint density at radius 1 is 0.943 bits per heavy atom. The fraction of sp³-hybridized carbons (Fsp3) is 0.667. The second kappa shape index (κ2) is 21.5. The summed E-state index contributed by atoms with van der Waals surface area (Å²) in [7, 11) is 1.51. The first kappa shape index (κ1) is 42.3. The Morgan fingerprint density at radius 2 is 1.60 bits per heavy atom. The predicted molar refractivity (Wildman–Crippen MR) is 204 cm³/mol. The summed E-state index contributed by atoms with van der Waals surface area (Å²) >= 11 is 1.38. The van der Waals surface area contributed by atoms with E-state index < -0.39 is 47.6 Å². The van der Waals surface area contributed by atoms with Crippen LogP contribution in [0.5, 0.6) is 0 Å². The summed E-state index contributed by atoms with van der Waals surface area (Å²) in [5, 5.41) is 36.6. The second-order valence-electron chi connectivity index (χ2n) is 14.6. The van der Waals surface area contributed by atoms with E-state index in [9.17, 15) is 29.4 Å². The Balaban J connectivity index is 1.57. The van der Waals surface area contributed by atoms with Crippen molar-refractivity contribution in [2.45, 2.75) is 114 Å². The van der Waals surface area contributed by atoms with Crippen LogP contribution in [0.3, 0.4) is 0 Å². The molecule has 1 aliphatic carbocycles. The first-order valence-electron chi connectivity index (χ1n) is 19.3. The van der Waals surface area contributed by atoms with E-state index >= 15 is 0 Å². The second-order valence-corrected chi connectivity index (χ2v) is 15.3. The van der Waals surface area contributed by atoms with Crippen LogP contribution in [0, 0.1) is 11.8 Å². The number of rotatable bonds is 20. The maximum absolute atomic E-state index is 14.3. The van der Waals surface area contributed by atoms with E-state index in [4.69, 9.17) is 4.74 Å². The summed E-state index contributed by atoms with van der Waals surface area (Å²) in [4.78, 5) is 61.1. The largest absolute Gasteiger partial charge is 0.391 e. The van der Waals surface area contributed by atoms with Gasteiger partial charge >= 0.3 is 0 Å². The van der Waals surface area contributed by atoms with Crippen molar-refractivity contribution >= 4 is 35.0 Å². The van der Waals surface area contributed by atoms with Crippen molar-refractivity contribution in [2.24, 2.45) is 11.8 Å². The lowest BCUT2D eigenvalue weighted by Gasteiger charge is -2.37. The molecule has 1 saturated carbocycles. The molecular formula is C39H60N6O7S. The fourth-order valence-electron chi connectivity index (χ4n) is 7.56. The molecule has 1 aromatic carbocycles. The number of hydrogen-bond acceptors (Lipinski definition) is 10. The van der Waals surface area contributed by atoms with Gasteiger partial charge in [0, 0.05) is 38.4 Å². The molecular weight excluding hydrogens is 697 g/mol. The molecule has 0 spiro atoms. The molecule has 2 heterocycles. The summed E-state index contributed by atoms with van der Waals surface area (Å²) in [6.45, 7) is 6.06. The van der Waals surface area contributed by atoms with E-state index in [-0.39, 0.29) is 43.5 Å². The minimum absolute atomic E-state index is 0.0487. The van der Waals surface area contributed by atoms with Gasteiger partial charge in [0.2, 0.25) is 23.6 Å². The molecule has 1 aliphatic heterocycles. The first-order valence-corrected chi connectivity index (χ1v) is 20.2. The van der Waals surface area contributed by atoms with Crippen molar-refractivity contribution < 1.29 is 34.1 Å². The van der Waals surface area contributed by atoms with Crippen molar-refractivity contribution in [3.8, 4) is 0 Å². The molecule has 1 saturated heterocycles. The molecule has 1 aromatic heterocycles. The Kier molecular flexibility index (Phi) is 17.1. The van der Waals surface area contributed by atoms with Gasteiger partial charge in [0.1, 0.15) is 12.1 Å². The zero-order valence-corrected chi connectivity index (χ0v) is 32.4. The number of nitrogens with one attached hydrogen (secondary N) is 4. The minimum atomic E-state index is -1.33. The van der Waals surface area contributed by atoms with Crippen molar-refractivity contribution in [3.05, 3.63) is 52.5 Å². The number of carbonyl (C=O) groups excluding carboxylic acids is 4. The number of aliphatic hydroxyl groups excluding tert-OH is 1. The third-order valence-electron chi connectivity index (χ3n) is 11.0. The molecule has 13 nitrogen and oxygen atoms in total. The predicted octanol–water partition coefficient (Wildman–Crippen LogP) is 2.35. The van der Waals surface area contributed by atoms with Gasteiger partial charge in [-0.25, -0.2) is 4.98 Å². The lowest BCUT2D eigenvalue weighted by Crippen LogP contribution is -2.58. The van der Waals surface area contributed by atoms with Gasteiger partial charge in [-0.2, -0.15) is 0 Å². The molecule has 0 radical (unpaired) electrons. The molecule has 14 heteroatoms. The number of amides is 4. The number of aliphatic hydroxyl groups is 2. The van der Waals surface area contributed by atoms with Crippen LogP contribution in [0.1, 0.15) is 82.9 Å². The summed E-state index contributed by atoms with van der Waals surface area (Å²) in [6, 6.07) is 6.61. The molecule has 294 valence electrons. The molecule has 0 unspecified atom stereocenters. The molecule has 4 amide bonds. The minimum Gasteiger partial charge on any atom is -0.391 e. The van der Waals surface area contributed by atoms with E-state index in [1.54, 1.807) is 5.51 Å². The quantitative estimate of drug-likeness (QED) is 0.118. The lowest BCUT2D eigenvalue weighted by molar-refractivity contribution is -0.138. The molecule has 4 rings (SSSR count). The highest BCUT2D eigenvalue weighted by atomic mass is 32.1. The molecule has 2 aromatic rings. The van der Waals surface area contributed by atoms with Gasteiger partial charge in [-0.05, 0) is 37.2 Å². The third-order valence-corrected chi connectivity index (χ3v) is 11.6. The van der Waals surface area contributed by atoms with E-state index in [1.807, 2.05) is 54.5 Å². The van der Waals surface area contributed by atoms with E-state index in [1.165, 1.54) is 18.4 Å². The number of hydrogen-bond donors (Lipinski definition) is 6. The smallest absolute Gasteiger partial charge is 0.243 e. The topological polar surface area (TPSA) is 182 Å². The van der Waals surface area contributed by atoms with Crippen LogP contribution < -0.4 is 21.3 Å². The van der Waals surface area contributed by atoms with Crippen molar-refractivity contribution in [1.82, 2.24) is 31.2 Å². The van der Waals surface area contributed by atoms with Crippen LogP contribution in [0.15, 0.2) is 41.2 Å². The molecule has 0 bridgehead atoms. The number of carbonyl (C=O) groups is 4. The van der Waals surface area contributed by atoms with Crippen LogP contribution >= 0.6 is 11.3 Å². The highest BCUT2D eigenvalue weighted by Crippen LogP contribution is 2.33. The van der Waals surface area contributed by atoms with Gasteiger partial charge in [0.15, 0.2) is 0 Å². The average Bonchev–Trinajstić information content (AvgIpc) is 3.70. The average molecular weight is 757 g/mol. The number of thiazole rings is 1. The molecule has 6 N–H and O–H groups in total. The Morgan fingerprint density at radius 3 is 2.23 bits per heavy atom. The highest BCUT2D eigenvalue weighted by molar-refractivity contribution is 7.07. The van der Waals surface area contributed by atoms with Crippen LogP contribution in [-0.2, 0) is 36.8 Å². The Bertz CT molecular complexity index is 1410. The number of morpholine rings is 1. The van der Waals surface area contributed by atoms with E-state index in [2.05, 4.69) is 26.3 Å². The highest BCUT2D eigenvalue weighted by Gasteiger charge is 2.41. The molecule has 53 heavy (non-hydrogen) atoms. The zero-order chi connectivity index (χ0) is 38.2. The van der Waals surface area contributed by atoms with Gasteiger partial charge in [-0.15, -0.1) is 11.3 Å². The number of ether oxygens (including phenoxy) is 1. The van der Waals surface area contributed by atoms with Crippen LogP contribution in [0.2, 0.25) is 0 Å². The number of nitrogens with zero attached hydrogens (tertiary/aromatic N) is 2. The maximum Gasteiger partial charge on any atom is 0.243 e. The molecule has 2 fully saturated rings. The van der Waals surface area contributed by atoms with Crippen LogP contribution in [0.25, 0.3) is 0 Å². The zero-order valence-electron chi connectivity index (χ0n) is 31.6. The maximum atomic E-state index is 14.3. The van der Waals surface area contributed by atoms with Crippen molar-refractivity contribution in [1.29, 1.82) is 0 Å². The van der Waals surface area contributed by atoms with Crippen LogP contribution in [-0.4, -0.2) is 113 Å². The summed E-state index contributed by atoms with van der Waals surface area (Å²) in [5.41, 5.74) is 1.79. The first-order chi connectivity index (χ1) is 25.5. The molecule has 2 aliphatic rings. The lowest BCUT2D eigenvalue weighted by atomic mass is 9.76. The Labute approximate surface area is 318 Å². The standard InChI is InChI=1S/C39H60N6O7S/c1-4-39(51,5-2)30(36(48)40-3)23-34(46)31(20-27-12-8-6-9-13-27)43-38(50)33(22-29-25-53-26-41-29)44-37(49)32(21-28-14-10-7-11-15-28)42-35(47)24-45-16-18-52-19-17-45/h7,10-11,14-15,25-27,30-34,46,51H,4-6,8-9,12-13,16-24H2,1-3H3,(H,40,48)(H,42,47)(H,43,50)(H,44,49)/t30-,31+,32+,33+,34+/m1/s1. The normalized spacial score (nSPS) is 18.6.